The fourth-order valence-corrected chi connectivity index (χ4v) is 3.29. The van der Waals surface area contributed by atoms with Crippen molar-refractivity contribution in [2.24, 2.45) is 11.7 Å². The fraction of sp³-hybridized carbons (Fsp3) is 0.368. The minimum atomic E-state index is -0.487. The van der Waals surface area contributed by atoms with Gasteiger partial charge in [0.25, 0.3) is 11.8 Å². The van der Waals surface area contributed by atoms with Crippen molar-refractivity contribution in [2.45, 2.75) is 25.8 Å². The first-order valence-corrected chi connectivity index (χ1v) is 9.26. The highest BCUT2D eigenvalue weighted by atomic mass is 35.5. The van der Waals surface area contributed by atoms with Gasteiger partial charge in [-0.3, -0.25) is 9.59 Å². The maximum Gasteiger partial charge on any atom is 0.276 e. The molecule has 1 saturated heterocycles. The first kappa shape index (κ1) is 22.1. The second-order valence-corrected chi connectivity index (χ2v) is 7.14. The number of halogens is 2. The normalized spacial score (nSPS) is 15.5. The summed E-state index contributed by atoms with van der Waals surface area (Å²) >= 11 is 5.85. The molecule has 0 spiro atoms. The van der Waals surface area contributed by atoms with E-state index in [-0.39, 0.29) is 35.7 Å². The molecule has 1 aliphatic heterocycles. The van der Waals surface area contributed by atoms with Crippen LogP contribution in [0.1, 0.15) is 40.7 Å². The first-order chi connectivity index (χ1) is 13.0. The number of benzene rings is 1. The third kappa shape index (κ3) is 5.19. The predicted octanol–water partition coefficient (Wildman–Crippen LogP) is 3.00. The van der Waals surface area contributed by atoms with Gasteiger partial charge in [-0.05, 0) is 49.9 Å². The van der Waals surface area contributed by atoms with Gasteiger partial charge in [0.1, 0.15) is 0 Å². The molecule has 2 heterocycles. The molecule has 1 atom stereocenters. The van der Waals surface area contributed by atoms with Crippen LogP contribution >= 0.6 is 24.0 Å². The van der Waals surface area contributed by atoms with Crippen LogP contribution in [0.15, 0.2) is 36.7 Å². The van der Waals surface area contributed by atoms with Gasteiger partial charge in [0.15, 0.2) is 11.4 Å². The SMILES string of the molecule is CC(N)C1CCN(C(=O)c2nccnc2C(=O)Nc2ccc(Cl)cc2)CC1.Cl. The lowest BCUT2D eigenvalue weighted by molar-refractivity contribution is 0.0670. The molecule has 1 fully saturated rings. The number of nitrogens with zero attached hydrogens (tertiary/aromatic N) is 3. The van der Waals surface area contributed by atoms with Gasteiger partial charge < -0.3 is 16.0 Å². The van der Waals surface area contributed by atoms with E-state index in [0.717, 1.165) is 12.8 Å². The summed E-state index contributed by atoms with van der Waals surface area (Å²) < 4.78 is 0. The fourth-order valence-electron chi connectivity index (χ4n) is 3.16. The molecule has 2 aromatic rings. The molecule has 1 aromatic carbocycles. The van der Waals surface area contributed by atoms with Crippen molar-refractivity contribution in [1.82, 2.24) is 14.9 Å². The Hall–Kier alpha value is -2.22. The number of anilines is 1. The zero-order valence-corrected chi connectivity index (χ0v) is 17.0. The predicted molar refractivity (Wildman–Crippen MR) is 111 cm³/mol. The van der Waals surface area contributed by atoms with Gasteiger partial charge in [-0.15, -0.1) is 12.4 Å². The third-order valence-electron chi connectivity index (χ3n) is 4.79. The van der Waals surface area contributed by atoms with Crippen LogP contribution in [0, 0.1) is 5.92 Å². The molecule has 3 rings (SSSR count). The Labute approximate surface area is 175 Å². The number of piperidine rings is 1. The lowest BCUT2D eigenvalue weighted by atomic mass is 9.91. The average molecular weight is 424 g/mol. The molecule has 1 aliphatic rings. The second kappa shape index (κ2) is 9.82. The molecule has 150 valence electrons. The smallest absolute Gasteiger partial charge is 0.276 e. The number of hydrogen-bond acceptors (Lipinski definition) is 5. The van der Waals surface area contributed by atoms with Crippen LogP contribution in [0.25, 0.3) is 0 Å². The number of amides is 2. The summed E-state index contributed by atoms with van der Waals surface area (Å²) in [7, 11) is 0. The van der Waals surface area contributed by atoms with Crippen LogP contribution in [0.5, 0.6) is 0 Å². The van der Waals surface area contributed by atoms with Crippen molar-refractivity contribution in [3.05, 3.63) is 53.1 Å². The van der Waals surface area contributed by atoms with Crippen molar-refractivity contribution in [3.8, 4) is 0 Å². The summed E-state index contributed by atoms with van der Waals surface area (Å²) in [5.74, 6) is -0.365. The molecular weight excluding hydrogens is 401 g/mol. The highest BCUT2D eigenvalue weighted by Gasteiger charge is 2.29. The van der Waals surface area contributed by atoms with Crippen LogP contribution in [-0.4, -0.2) is 45.8 Å². The van der Waals surface area contributed by atoms with Gasteiger partial charge in [0.2, 0.25) is 0 Å². The molecule has 0 radical (unpaired) electrons. The van der Waals surface area contributed by atoms with Gasteiger partial charge >= 0.3 is 0 Å². The zero-order chi connectivity index (χ0) is 19.4. The van der Waals surface area contributed by atoms with Crippen molar-refractivity contribution in [3.63, 3.8) is 0 Å². The number of rotatable bonds is 4. The number of aromatic nitrogens is 2. The molecule has 0 saturated carbocycles. The molecule has 3 N–H and O–H groups in total. The van der Waals surface area contributed by atoms with Crippen LogP contribution in [0.4, 0.5) is 5.69 Å². The Morgan fingerprint density at radius 2 is 1.71 bits per heavy atom. The van der Waals surface area contributed by atoms with E-state index in [1.807, 2.05) is 6.92 Å². The number of carbonyl (C=O) groups excluding carboxylic acids is 2. The van der Waals surface area contributed by atoms with Crippen LogP contribution in [-0.2, 0) is 0 Å². The summed E-state index contributed by atoms with van der Waals surface area (Å²) in [6.45, 7) is 3.18. The highest BCUT2D eigenvalue weighted by Crippen LogP contribution is 2.21. The van der Waals surface area contributed by atoms with E-state index in [4.69, 9.17) is 17.3 Å². The van der Waals surface area contributed by atoms with Gasteiger partial charge in [-0.2, -0.15) is 0 Å². The monoisotopic (exact) mass is 423 g/mol. The van der Waals surface area contributed by atoms with Crippen molar-refractivity contribution in [2.75, 3.05) is 18.4 Å². The summed E-state index contributed by atoms with van der Waals surface area (Å²) in [6.07, 6.45) is 4.50. The van der Waals surface area contributed by atoms with Crippen LogP contribution in [0.3, 0.4) is 0 Å². The maximum absolute atomic E-state index is 12.9. The topological polar surface area (TPSA) is 101 Å². The van der Waals surface area contributed by atoms with E-state index in [0.29, 0.717) is 29.7 Å². The first-order valence-electron chi connectivity index (χ1n) is 8.88. The minimum Gasteiger partial charge on any atom is -0.337 e. The number of nitrogens with two attached hydrogens (primary N) is 1. The van der Waals surface area contributed by atoms with Gasteiger partial charge in [0.05, 0.1) is 0 Å². The minimum absolute atomic E-state index is 0. The van der Waals surface area contributed by atoms with Gasteiger partial charge in [-0.25, -0.2) is 9.97 Å². The summed E-state index contributed by atoms with van der Waals surface area (Å²) in [5, 5.41) is 3.29. The molecule has 28 heavy (non-hydrogen) atoms. The van der Waals surface area contributed by atoms with Crippen LogP contribution < -0.4 is 11.1 Å². The number of hydrogen-bond donors (Lipinski definition) is 2. The Morgan fingerprint density at radius 3 is 2.29 bits per heavy atom. The number of nitrogens with one attached hydrogen (secondary N) is 1. The van der Waals surface area contributed by atoms with Crippen molar-refractivity contribution >= 4 is 41.5 Å². The van der Waals surface area contributed by atoms with E-state index in [2.05, 4.69) is 15.3 Å². The van der Waals surface area contributed by atoms with E-state index in [1.165, 1.54) is 12.4 Å². The Morgan fingerprint density at radius 1 is 1.14 bits per heavy atom. The standard InChI is InChI=1S/C19H22ClN5O2.ClH/c1-12(21)13-6-10-25(11-7-13)19(27)17-16(22-8-9-23-17)18(26)24-15-4-2-14(20)3-5-15;/h2-5,8-9,12-13H,6-7,10-11,21H2,1H3,(H,24,26);1H. The molecule has 9 heteroatoms. The Kier molecular flexibility index (Phi) is 7.74. The van der Waals surface area contributed by atoms with E-state index >= 15 is 0 Å². The third-order valence-corrected chi connectivity index (χ3v) is 5.04. The molecule has 7 nitrogen and oxygen atoms in total. The lowest BCUT2D eigenvalue weighted by Gasteiger charge is -2.33. The van der Waals surface area contributed by atoms with E-state index in [1.54, 1.807) is 29.2 Å². The second-order valence-electron chi connectivity index (χ2n) is 6.70. The zero-order valence-electron chi connectivity index (χ0n) is 15.5. The van der Waals surface area contributed by atoms with Crippen molar-refractivity contribution in [1.29, 1.82) is 0 Å². The Bertz CT molecular complexity index is 821. The molecule has 0 bridgehead atoms. The highest BCUT2D eigenvalue weighted by molar-refractivity contribution is 6.30. The lowest BCUT2D eigenvalue weighted by Crippen LogP contribution is -2.43. The maximum atomic E-state index is 12.9. The number of likely N-dealkylation sites (tertiary alicyclic amines) is 1. The van der Waals surface area contributed by atoms with E-state index in [9.17, 15) is 9.59 Å². The summed E-state index contributed by atoms with van der Waals surface area (Å²) in [4.78, 5) is 35.4. The average Bonchev–Trinajstić information content (AvgIpc) is 2.69. The largest absolute Gasteiger partial charge is 0.337 e. The Balaban J connectivity index is 0.00000280. The van der Waals surface area contributed by atoms with Gasteiger partial charge in [0, 0.05) is 42.2 Å². The summed E-state index contributed by atoms with van der Waals surface area (Å²) in [5.41, 5.74) is 6.59. The quantitative estimate of drug-likeness (QED) is 0.786. The molecule has 1 aromatic heterocycles. The summed E-state index contributed by atoms with van der Waals surface area (Å²) in [6, 6.07) is 6.80. The molecule has 1 unspecified atom stereocenters. The van der Waals surface area contributed by atoms with Gasteiger partial charge in [-0.1, -0.05) is 11.6 Å². The van der Waals surface area contributed by atoms with Crippen LogP contribution in [0.2, 0.25) is 5.02 Å². The molecule has 0 aliphatic carbocycles. The molecule has 2 amide bonds. The van der Waals surface area contributed by atoms with E-state index < -0.39 is 5.91 Å². The number of carbonyl (C=O) groups is 2. The van der Waals surface area contributed by atoms with Crippen molar-refractivity contribution < 1.29 is 9.59 Å². The molecular formula is C19H23Cl2N5O2.